The summed E-state index contributed by atoms with van der Waals surface area (Å²) in [5, 5.41) is 22.3. The van der Waals surface area contributed by atoms with Crippen LogP contribution in [0.5, 0.6) is 5.75 Å². The number of hydrogen-bond acceptors (Lipinski definition) is 4. The summed E-state index contributed by atoms with van der Waals surface area (Å²) in [6.45, 7) is 3.43. The van der Waals surface area contributed by atoms with Crippen molar-refractivity contribution < 1.29 is 14.6 Å². The highest BCUT2D eigenvalue weighted by Gasteiger charge is 2.24. The van der Waals surface area contributed by atoms with Crippen molar-refractivity contribution in [3.8, 4) is 5.75 Å². The number of benzene rings is 1. The van der Waals surface area contributed by atoms with Gasteiger partial charge in [-0.3, -0.25) is 4.90 Å². The molecule has 1 aromatic carbocycles. The fourth-order valence-corrected chi connectivity index (χ4v) is 2.44. The second-order valence-electron chi connectivity index (χ2n) is 4.52. The van der Waals surface area contributed by atoms with Gasteiger partial charge in [-0.25, -0.2) is 4.39 Å². The third-order valence-electron chi connectivity index (χ3n) is 3.34. The lowest BCUT2D eigenvalue weighted by Gasteiger charge is -2.35. The average Bonchev–Trinajstić information content (AvgIpc) is 2.40. The summed E-state index contributed by atoms with van der Waals surface area (Å²) in [6, 6.07) is 3.84. The fourth-order valence-electron chi connectivity index (χ4n) is 2.44. The first-order valence-corrected chi connectivity index (χ1v) is 6.26. The molecule has 0 saturated carbocycles. The van der Waals surface area contributed by atoms with Crippen LogP contribution in [0.3, 0.4) is 0 Å². The molecule has 5 heteroatoms. The highest BCUT2D eigenvalue weighted by Crippen LogP contribution is 2.31. The van der Waals surface area contributed by atoms with Gasteiger partial charge in [0.1, 0.15) is 11.6 Å². The Kier molecular flexibility index (Phi) is 4.52. The number of hydrogen-bond donors (Lipinski definition) is 3. The van der Waals surface area contributed by atoms with E-state index in [0.29, 0.717) is 12.0 Å². The van der Waals surface area contributed by atoms with Gasteiger partial charge in [-0.2, -0.15) is 0 Å². The van der Waals surface area contributed by atoms with Gasteiger partial charge in [-0.15, -0.1) is 0 Å². The number of aliphatic hydroxyl groups excluding tert-OH is 1. The third kappa shape index (κ3) is 2.98. The Morgan fingerprint density at radius 2 is 2.06 bits per heavy atom. The Morgan fingerprint density at radius 1 is 1.33 bits per heavy atom. The van der Waals surface area contributed by atoms with E-state index >= 15 is 0 Å². The molecule has 2 rings (SSSR count). The average molecular weight is 254 g/mol. The number of phenols is 1. The number of piperazine rings is 1. The van der Waals surface area contributed by atoms with Crippen molar-refractivity contribution in [2.45, 2.75) is 12.5 Å². The molecule has 1 aliphatic heterocycles. The molecule has 1 atom stereocenters. The molecule has 0 spiro atoms. The van der Waals surface area contributed by atoms with E-state index in [2.05, 4.69) is 10.2 Å². The number of aliphatic hydroxyl groups is 1. The molecule has 1 aliphatic rings. The molecular weight excluding hydrogens is 235 g/mol. The highest BCUT2D eigenvalue weighted by atomic mass is 19.1. The van der Waals surface area contributed by atoms with E-state index in [0.717, 1.165) is 26.2 Å². The van der Waals surface area contributed by atoms with Gasteiger partial charge in [-0.1, -0.05) is 0 Å². The number of nitrogens with one attached hydrogen (secondary N) is 1. The SMILES string of the molecule is OCC[C@H](c1cc(F)ccc1O)N1CCNCC1. The van der Waals surface area contributed by atoms with Gasteiger partial charge < -0.3 is 15.5 Å². The van der Waals surface area contributed by atoms with Crippen molar-refractivity contribution in [3.63, 3.8) is 0 Å². The molecule has 18 heavy (non-hydrogen) atoms. The molecular formula is C13H19FN2O2. The van der Waals surface area contributed by atoms with Gasteiger partial charge in [0.15, 0.2) is 0 Å². The maximum Gasteiger partial charge on any atom is 0.123 e. The Hall–Kier alpha value is -1.17. The van der Waals surface area contributed by atoms with Crippen LogP contribution in [0.4, 0.5) is 4.39 Å². The first-order valence-electron chi connectivity index (χ1n) is 6.26. The van der Waals surface area contributed by atoms with E-state index in [9.17, 15) is 14.6 Å². The molecule has 0 amide bonds. The number of phenolic OH excluding ortho intramolecular Hbond substituents is 1. The second-order valence-corrected chi connectivity index (χ2v) is 4.52. The topological polar surface area (TPSA) is 55.7 Å². The molecule has 1 aromatic rings. The maximum atomic E-state index is 13.3. The van der Waals surface area contributed by atoms with Crippen LogP contribution in [0, 0.1) is 5.82 Å². The normalized spacial score (nSPS) is 18.8. The molecule has 0 aliphatic carbocycles. The summed E-state index contributed by atoms with van der Waals surface area (Å²) in [5.74, 6) is -0.269. The van der Waals surface area contributed by atoms with Gasteiger partial charge in [0.25, 0.3) is 0 Å². The smallest absolute Gasteiger partial charge is 0.123 e. The first-order chi connectivity index (χ1) is 8.72. The van der Waals surface area contributed by atoms with Crippen LogP contribution < -0.4 is 5.32 Å². The van der Waals surface area contributed by atoms with Crippen LogP contribution in [0.2, 0.25) is 0 Å². The van der Waals surface area contributed by atoms with Gasteiger partial charge in [0.05, 0.1) is 0 Å². The number of halogens is 1. The second kappa shape index (κ2) is 6.13. The summed E-state index contributed by atoms with van der Waals surface area (Å²) >= 11 is 0. The van der Waals surface area contributed by atoms with Crippen molar-refractivity contribution in [3.05, 3.63) is 29.6 Å². The molecule has 0 bridgehead atoms. The van der Waals surface area contributed by atoms with E-state index in [-0.39, 0.29) is 24.2 Å². The van der Waals surface area contributed by atoms with E-state index < -0.39 is 0 Å². The lowest BCUT2D eigenvalue weighted by atomic mass is 10.00. The van der Waals surface area contributed by atoms with E-state index in [1.54, 1.807) is 0 Å². The fraction of sp³-hybridized carbons (Fsp3) is 0.538. The van der Waals surface area contributed by atoms with Crippen LogP contribution in [-0.4, -0.2) is 47.9 Å². The van der Waals surface area contributed by atoms with Crippen LogP contribution in [0.15, 0.2) is 18.2 Å². The van der Waals surface area contributed by atoms with Crippen molar-refractivity contribution in [2.75, 3.05) is 32.8 Å². The summed E-state index contributed by atoms with van der Waals surface area (Å²) in [5.41, 5.74) is 0.561. The van der Waals surface area contributed by atoms with Gasteiger partial charge in [-0.05, 0) is 24.6 Å². The van der Waals surface area contributed by atoms with Crippen LogP contribution in [-0.2, 0) is 0 Å². The minimum absolute atomic E-state index is 0.0184. The molecule has 0 aromatic heterocycles. The zero-order valence-corrected chi connectivity index (χ0v) is 10.3. The van der Waals surface area contributed by atoms with Crippen molar-refractivity contribution >= 4 is 0 Å². The van der Waals surface area contributed by atoms with E-state index in [4.69, 9.17) is 0 Å². The number of rotatable bonds is 4. The Labute approximate surface area is 106 Å². The molecule has 1 heterocycles. The van der Waals surface area contributed by atoms with Gasteiger partial charge in [0.2, 0.25) is 0 Å². The molecule has 0 radical (unpaired) electrons. The van der Waals surface area contributed by atoms with E-state index in [1.807, 2.05) is 0 Å². The monoisotopic (exact) mass is 254 g/mol. The predicted molar refractivity (Wildman–Crippen MR) is 67.0 cm³/mol. The van der Waals surface area contributed by atoms with Crippen molar-refractivity contribution in [1.82, 2.24) is 10.2 Å². The quantitative estimate of drug-likeness (QED) is 0.746. The predicted octanol–water partition coefficient (Wildman–Crippen LogP) is 0.860. The molecule has 0 unspecified atom stereocenters. The third-order valence-corrected chi connectivity index (χ3v) is 3.34. The van der Waals surface area contributed by atoms with Crippen molar-refractivity contribution in [2.24, 2.45) is 0 Å². The Morgan fingerprint density at radius 3 is 2.72 bits per heavy atom. The Balaban J connectivity index is 2.24. The molecule has 1 saturated heterocycles. The molecule has 100 valence electrons. The van der Waals surface area contributed by atoms with Gasteiger partial charge >= 0.3 is 0 Å². The summed E-state index contributed by atoms with van der Waals surface area (Å²) < 4.78 is 13.3. The zero-order chi connectivity index (χ0) is 13.0. The maximum absolute atomic E-state index is 13.3. The largest absolute Gasteiger partial charge is 0.508 e. The summed E-state index contributed by atoms with van der Waals surface area (Å²) in [7, 11) is 0. The zero-order valence-electron chi connectivity index (χ0n) is 10.3. The minimum atomic E-state index is -0.360. The molecule has 1 fully saturated rings. The van der Waals surface area contributed by atoms with Crippen LogP contribution >= 0.6 is 0 Å². The van der Waals surface area contributed by atoms with Crippen LogP contribution in [0.1, 0.15) is 18.0 Å². The summed E-state index contributed by atoms with van der Waals surface area (Å²) in [6.07, 6.45) is 0.497. The lowest BCUT2D eigenvalue weighted by Crippen LogP contribution is -2.45. The molecule has 4 nitrogen and oxygen atoms in total. The van der Waals surface area contributed by atoms with E-state index in [1.165, 1.54) is 18.2 Å². The minimum Gasteiger partial charge on any atom is -0.508 e. The summed E-state index contributed by atoms with van der Waals surface area (Å²) in [4.78, 5) is 2.17. The van der Waals surface area contributed by atoms with Crippen molar-refractivity contribution in [1.29, 1.82) is 0 Å². The first kappa shape index (κ1) is 13.3. The Bertz CT molecular complexity index is 395. The number of nitrogens with zero attached hydrogens (tertiary/aromatic N) is 1. The molecule has 3 N–H and O–H groups in total. The standard InChI is InChI=1S/C13H19FN2O2/c14-10-1-2-13(18)11(9-10)12(3-8-17)16-6-4-15-5-7-16/h1-2,9,12,15,17-18H,3-8H2/t12-/m1/s1. The van der Waals surface area contributed by atoms with Gasteiger partial charge in [0, 0.05) is 44.4 Å². The lowest BCUT2D eigenvalue weighted by molar-refractivity contribution is 0.139. The highest BCUT2D eigenvalue weighted by molar-refractivity contribution is 5.35. The van der Waals surface area contributed by atoms with Crippen LogP contribution in [0.25, 0.3) is 0 Å². The number of aromatic hydroxyl groups is 1.